The minimum Gasteiger partial charge on any atom is -0.202 e. The van der Waals surface area contributed by atoms with Crippen LogP contribution in [0, 0.1) is 13.8 Å². The van der Waals surface area contributed by atoms with Crippen LogP contribution < -0.4 is 4.57 Å². The second kappa shape index (κ2) is 4.73. The molecule has 0 N–H and O–H groups in total. The van der Waals surface area contributed by atoms with Crippen LogP contribution in [0.15, 0.2) is 67.3 Å². The van der Waals surface area contributed by atoms with Crippen molar-refractivity contribution in [3.63, 3.8) is 0 Å². The van der Waals surface area contributed by atoms with Crippen LogP contribution in [0.25, 0.3) is 11.4 Å². The van der Waals surface area contributed by atoms with Gasteiger partial charge in [0.25, 0.3) is 6.33 Å². The molecule has 0 fully saturated rings. The Hall–Kier alpha value is -2.35. The molecule has 0 spiro atoms. The van der Waals surface area contributed by atoms with Gasteiger partial charge in [0.15, 0.2) is 0 Å². The van der Waals surface area contributed by atoms with Gasteiger partial charge in [-0.25, -0.2) is 9.13 Å². The van der Waals surface area contributed by atoms with E-state index in [-0.39, 0.29) is 0 Å². The highest BCUT2D eigenvalue weighted by Gasteiger charge is 2.11. The highest BCUT2D eigenvalue weighted by atomic mass is 15.1. The van der Waals surface area contributed by atoms with Crippen molar-refractivity contribution in [2.75, 3.05) is 0 Å². The molecule has 0 unspecified atom stereocenters. The number of imidazole rings is 1. The first-order valence-corrected chi connectivity index (χ1v) is 6.47. The molecule has 0 saturated carbocycles. The highest BCUT2D eigenvalue weighted by Crippen LogP contribution is 2.13. The molecule has 0 aliphatic rings. The minimum atomic E-state index is 1.22. The first kappa shape index (κ1) is 11.7. The minimum absolute atomic E-state index is 1.22. The molecule has 2 heteroatoms. The fraction of sp³-hybridized carbons (Fsp3) is 0.118. The van der Waals surface area contributed by atoms with Crippen molar-refractivity contribution in [3.8, 4) is 11.4 Å². The highest BCUT2D eigenvalue weighted by molar-refractivity contribution is 5.39. The summed E-state index contributed by atoms with van der Waals surface area (Å²) in [5.74, 6) is 0. The molecule has 2 aromatic carbocycles. The molecule has 0 aliphatic carbocycles. The third kappa shape index (κ3) is 2.17. The second-order valence-electron chi connectivity index (χ2n) is 4.80. The van der Waals surface area contributed by atoms with E-state index in [9.17, 15) is 0 Å². The van der Waals surface area contributed by atoms with Crippen molar-refractivity contribution in [2.24, 2.45) is 0 Å². The summed E-state index contributed by atoms with van der Waals surface area (Å²) in [7, 11) is 0. The lowest BCUT2D eigenvalue weighted by Crippen LogP contribution is -2.28. The summed E-state index contributed by atoms with van der Waals surface area (Å²) >= 11 is 0. The van der Waals surface area contributed by atoms with Crippen molar-refractivity contribution < 1.29 is 4.57 Å². The summed E-state index contributed by atoms with van der Waals surface area (Å²) in [6.07, 6.45) is 6.30. The molecule has 0 saturated heterocycles. The van der Waals surface area contributed by atoms with Gasteiger partial charge in [0.05, 0.1) is 0 Å². The van der Waals surface area contributed by atoms with Crippen LogP contribution in [0.2, 0.25) is 0 Å². The predicted molar refractivity (Wildman–Crippen MR) is 76.8 cm³/mol. The SMILES string of the molecule is Cc1ccccc1-n1cc[n+](-c2ccccc2C)c1. The van der Waals surface area contributed by atoms with Crippen LogP contribution in [0.4, 0.5) is 0 Å². The maximum absolute atomic E-state index is 2.15. The van der Waals surface area contributed by atoms with Crippen molar-refractivity contribution in [1.82, 2.24) is 4.57 Å². The molecule has 1 heterocycles. The van der Waals surface area contributed by atoms with E-state index < -0.39 is 0 Å². The molecule has 0 bridgehead atoms. The molecule has 3 aromatic rings. The van der Waals surface area contributed by atoms with E-state index in [1.54, 1.807) is 0 Å². The Morgan fingerprint density at radius 3 is 2.26 bits per heavy atom. The van der Waals surface area contributed by atoms with Crippen molar-refractivity contribution in [1.29, 1.82) is 0 Å². The summed E-state index contributed by atoms with van der Waals surface area (Å²) in [6, 6.07) is 16.8. The summed E-state index contributed by atoms with van der Waals surface area (Å²) in [6.45, 7) is 4.26. The van der Waals surface area contributed by atoms with Crippen LogP contribution in [0.5, 0.6) is 0 Å². The molecule has 0 amide bonds. The summed E-state index contributed by atoms with van der Waals surface area (Å²) in [5.41, 5.74) is 4.98. The van der Waals surface area contributed by atoms with Crippen LogP contribution in [0.1, 0.15) is 11.1 Å². The van der Waals surface area contributed by atoms with Gasteiger partial charge in [-0.05, 0) is 37.1 Å². The zero-order chi connectivity index (χ0) is 13.2. The van der Waals surface area contributed by atoms with Gasteiger partial charge in [-0.2, -0.15) is 0 Å². The van der Waals surface area contributed by atoms with Gasteiger partial charge in [0, 0.05) is 0 Å². The molecule has 1 aromatic heterocycles. The molecule has 94 valence electrons. The fourth-order valence-electron chi connectivity index (χ4n) is 2.35. The Balaban J connectivity index is 2.06. The van der Waals surface area contributed by atoms with Gasteiger partial charge in [-0.1, -0.05) is 36.4 Å². The molecule has 3 rings (SSSR count). The number of hydrogen-bond acceptors (Lipinski definition) is 0. The zero-order valence-electron chi connectivity index (χ0n) is 11.2. The van der Waals surface area contributed by atoms with Crippen molar-refractivity contribution in [2.45, 2.75) is 13.8 Å². The maximum atomic E-state index is 2.15. The second-order valence-corrected chi connectivity index (χ2v) is 4.80. The topological polar surface area (TPSA) is 8.81 Å². The fourth-order valence-corrected chi connectivity index (χ4v) is 2.35. The number of rotatable bonds is 2. The lowest BCUT2D eigenvalue weighted by molar-refractivity contribution is -0.595. The van der Waals surface area contributed by atoms with E-state index in [0.29, 0.717) is 0 Å². The lowest BCUT2D eigenvalue weighted by Gasteiger charge is -2.01. The van der Waals surface area contributed by atoms with Gasteiger partial charge in [-0.15, -0.1) is 0 Å². The van der Waals surface area contributed by atoms with Gasteiger partial charge >= 0.3 is 0 Å². The van der Waals surface area contributed by atoms with E-state index >= 15 is 0 Å². The summed E-state index contributed by atoms with van der Waals surface area (Å²) in [5, 5.41) is 0. The maximum Gasteiger partial charge on any atom is 0.254 e. The number of para-hydroxylation sites is 2. The van der Waals surface area contributed by atoms with Crippen LogP contribution in [-0.4, -0.2) is 4.57 Å². The molecule has 0 aliphatic heterocycles. The predicted octanol–water partition coefficient (Wildman–Crippen LogP) is 3.37. The first-order valence-electron chi connectivity index (χ1n) is 6.47. The number of aromatic nitrogens is 2. The van der Waals surface area contributed by atoms with E-state index in [1.165, 1.54) is 22.5 Å². The van der Waals surface area contributed by atoms with Crippen LogP contribution in [-0.2, 0) is 0 Å². The Morgan fingerprint density at radius 1 is 0.842 bits per heavy atom. The number of hydrogen-bond donors (Lipinski definition) is 0. The van der Waals surface area contributed by atoms with Crippen LogP contribution in [0.3, 0.4) is 0 Å². The van der Waals surface area contributed by atoms with E-state index in [0.717, 1.165) is 0 Å². The summed E-state index contributed by atoms with van der Waals surface area (Å²) < 4.78 is 4.31. The Bertz CT molecular complexity index is 651. The molecule has 19 heavy (non-hydrogen) atoms. The Morgan fingerprint density at radius 2 is 1.53 bits per heavy atom. The normalized spacial score (nSPS) is 10.6. The zero-order valence-corrected chi connectivity index (χ0v) is 11.2. The van der Waals surface area contributed by atoms with E-state index in [2.05, 4.69) is 90.2 Å². The van der Waals surface area contributed by atoms with E-state index in [4.69, 9.17) is 0 Å². The number of benzene rings is 2. The van der Waals surface area contributed by atoms with Gasteiger partial charge < -0.3 is 0 Å². The lowest BCUT2D eigenvalue weighted by atomic mass is 10.2. The van der Waals surface area contributed by atoms with E-state index in [1.807, 2.05) is 0 Å². The molecular weight excluding hydrogens is 232 g/mol. The molecule has 0 atom stereocenters. The van der Waals surface area contributed by atoms with Crippen LogP contribution >= 0.6 is 0 Å². The quantitative estimate of drug-likeness (QED) is 0.616. The average Bonchev–Trinajstić information content (AvgIpc) is 2.89. The largest absolute Gasteiger partial charge is 0.254 e. The monoisotopic (exact) mass is 249 g/mol. The Labute approximate surface area is 113 Å². The molecular formula is C17H17N2+. The third-order valence-electron chi connectivity index (χ3n) is 3.42. The number of aryl methyl sites for hydroxylation is 2. The van der Waals surface area contributed by atoms with Crippen molar-refractivity contribution >= 4 is 0 Å². The van der Waals surface area contributed by atoms with Gasteiger partial charge in [0.1, 0.15) is 23.8 Å². The smallest absolute Gasteiger partial charge is 0.202 e. The molecule has 2 nitrogen and oxygen atoms in total. The summed E-state index contributed by atoms with van der Waals surface area (Å²) in [4.78, 5) is 0. The average molecular weight is 249 g/mol. The standard InChI is InChI=1S/C17H17N2/c1-14-7-3-5-9-16(14)18-11-12-19(13-18)17-10-6-4-8-15(17)2/h3-13H,1-2H3/q+1. The Kier molecular flexibility index (Phi) is 2.92. The van der Waals surface area contributed by atoms with Crippen molar-refractivity contribution in [3.05, 3.63) is 78.4 Å². The molecule has 0 radical (unpaired) electrons. The first-order chi connectivity index (χ1) is 9.25. The van der Waals surface area contributed by atoms with Gasteiger partial charge in [0.2, 0.25) is 0 Å². The number of nitrogens with zero attached hydrogens (tertiary/aromatic N) is 2. The third-order valence-corrected chi connectivity index (χ3v) is 3.42. The van der Waals surface area contributed by atoms with Gasteiger partial charge in [-0.3, -0.25) is 0 Å².